The van der Waals surface area contributed by atoms with E-state index in [2.05, 4.69) is 0 Å². The van der Waals surface area contributed by atoms with Gasteiger partial charge in [0.2, 0.25) is 0 Å². The average molecular weight is 404 g/mol. The number of benzene rings is 1. The summed E-state index contributed by atoms with van der Waals surface area (Å²) in [5.74, 6) is 1.55. The van der Waals surface area contributed by atoms with Crippen molar-refractivity contribution in [2.45, 2.75) is 19.8 Å². The Bertz CT molecular complexity index is 938. The van der Waals surface area contributed by atoms with E-state index in [4.69, 9.17) is 4.42 Å². The Kier molecular flexibility index (Phi) is 5.27. The molecular weight excluding hydrogens is 378 g/mol. The molecule has 8 heteroatoms. The molecule has 0 bridgehead atoms. The van der Waals surface area contributed by atoms with Crippen LogP contribution in [0.25, 0.3) is 11.3 Å². The predicted molar refractivity (Wildman–Crippen MR) is 106 cm³/mol. The van der Waals surface area contributed by atoms with Gasteiger partial charge in [-0.1, -0.05) is 12.1 Å². The zero-order valence-electron chi connectivity index (χ0n) is 16.0. The van der Waals surface area contributed by atoms with Crippen LogP contribution >= 0.6 is 0 Å². The molecule has 150 valence electrons. The van der Waals surface area contributed by atoms with Gasteiger partial charge < -0.3 is 9.32 Å². The number of aryl methyl sites for hydroxylation is 1. The summed E-state index contributed by atoms with van der Waals surface area (Å²) >= 11 is 0. The summed E-state index contributed by atoms with van der Waals surface area (Å²) in [6.45, 7) is 4.59. The Morgan fingerprint density at radius 1 is 0.857 bits per heavy atom. The van der Waals surface area contributed by atoms with Crippen LogP contribution in [0.4, 0.5) is 0 Å². The van der Waals surface area contributed by atoms with Crippen LogP contribution in [0.1, 0.15) is 29.0 Å². The van der Waals surface area contributed by atoms with Gasteiger partial charge >= 0.3 is 0 Å². The molecule has 7 nitrogen and oxygen atoms in total. The lowest BCUT2D eigenvalue weighted by Crippen LogP contribution is -2.53. The Balaban J connectivity index is 1.38. The molecule has 0 N–H and O–H groups in total. The van der Waals surface area contributed by atoms with Crippen molar-refractivity contribution in [1.29, 1.82) is 0 Å². The number of carbonyl (C=O) groups is 1. The number of hydrogen-bond donors (Lipinski definition) is 0. The molecule has 2 saturated heterocycles. The van der Waals surface area contributed by atoms with Gasteiger partial charge in [0.05, 0.1) is 0 Å². The Hall–Kier alpha value is -2.16. The molecule has 0 atom stereocenters. The first-order valence-electron chi connectivity index (χ1n) is 9.66. The molecule has 0 spiro atoms. The number of carbonyl (C=O) groups excluding carboxylic acids is 1. The fourth-order valence-corrected chi connectivity index (χ4v) is 5.42. The van der Waals surface area contributed by atoms with E-state index in [0.29, 0.717) is 44.8 Å². The molecule has 2 aliphatic heterocycles. The zero-order chi connectivity index (χ0) is 19.7. The highest BCUT2D eigenvalue weighted by Crippen LogP contribution is 2.23. The lowest BCUT2D eigenvalue weighted by molar-refractivity contribution is 0.0694. The third kappa shape index (κ3) is 3.72. The van der Waals surface area contributed by atoms with Crippen molar-refractivity contribution in [3.63, 3.8) is 0 Å². The highest BCUT2D eigenvalue weighted by atomic mass is 32.2. The number of hydrogen-bond acceptors (Lipinski definition) is 4. The normalized spacial score (nSPS) is 19.2. The van der Waals surface area contributed by atoms with Gasteiger partial charge in [-0.25, -0.2) is 0 Å². The third-order valence-electron chi connectivity index (χ3n) is 5.40. The minimum absolute atomic E-state index is 0.0691. The molecule has 4 rings (SSSR count). The molecule has 1 aromatic heterocycles. The lowest BCUT2D eigenvalue weighted by Gasteiger charge is -2.35. The van der Waals surface area contributed by atoms with E-state index in [1.807, 2.05) is 31.2 Å². The summed E-state index contributed by atoms with van der Waals surface area (Å²) in [7, 11) is -3.39. The molecule has 0 saturated carbocycles. The molecule has 2 aromatic rings. The maximum absolute atomic E-state index is 12.8. The quantitative estimate of drug-likeness (QED) is 0.786. The summed E-state index contributed by atoms with van der Waals surface area (Å²) in [4.78, 5) is 14.5. The Labute approximate surface area is 165 Å². The fraction of sp³-hybridized carbons (Fsp3) is 0.450. The second kappa shape index (κ2) is 7.69. The van der Waals surface area contributed by atoms with Crippen LogP contribution in [0.3, 0.4) is 0 Å². The van der Waals surface area contributed by atoms with E-state index in [9.17, 15) is 13.2 Å². The summed E-state index contributed by atoms with van der Waals surface area (Å²) < 4.78 is 34.0. The monoisotopic (exact) mass is 403 g/mol. The maximum atomic E-state index is 12.8. The van der Waals surface area contributed by atoms with Gasteiger partial charge in [-0.05, 0) is 44.0 Å². The maximum Gasteiger partial charge on any atom is 0.282 e. The van der Waals surface area contributed by atoms with Crippen LogP contribution < -0.4 is 0 Å². The SMILES string of the molecule is Cc1ccc(-c2ccc(C(=O)N3CCN(S(=O)(=O)N4CCCC4)CC3)cc2)o1. The van der Waals surface area contributed by atoms with Crippen LogP contribution in [-0.2, 0) is 10.2 Å². The van der Waals surface area contributed by atoms with Gasteiger partial charge in [0.1, 0.15) is 11.5 Å². The minimum atomic E-state index is -3.39. The van der Waals surface area contributed by atoms with Crippen LogP contribution in [0.15, 0.2) is 40.8 Å². The Morgan fingerprint density at radius 3 is 2.04 bits per heavy atom. The molecular formula is C20H25N3O4S. The summed E-state index contributed by atoms with van der Waals surface area (Å²) in [6, 6.07) is 11.2. The van der Waals surface area contributed by atoms with Gasteiger partial charge in [0.15, 0.2) is 0 Å². The van der Waals surface area contributed by atoms with Crippen molar-refractivity contribution in [1.82, 2.24) is 13.5 Å². The number of amides is 1. The molecule has 28 heavy (non-hydrogen) atoms. The highest BCUT2D eigenvalue weighted by molar-refractivity contribution is 7.86. The molecule has 2 fully saturated rings. The van der Waals surface area contributed by atoms with Gasteiger partial charge in [0.25, 0.3) is 16.1 Å². The third-order valence-corrected chi connectivity index (χ3v) is 7.44. The summed E-state index contributed by atoms with van der Waals surface area (Å²) in [5, 5.41) is 0. The average Bonchev–Trinajstić information content (AvgIpc) is 3.40. The first kappa shape index (κ1) is 19.2. The Morgan fingerprint density at radius 2 is 1.46 bits per heavy atom. The second-order valence-electron chi connectivity index (χ2n) is 7.29. The van der Waals surface area contributed by atoms with Crippen molar-refractivity contribution >= 4 is 16.1 Å². The molecule has 0 unspecified atom stereocenters. The van der Waals surface area contributed by atoms with Crippen LogP contribution in [-0.4, -0.2) is 67.1 Å². The van der Waals surface area contributed by atoms with Crippen molar-refractivity contribution in [2.75, 3.05) is 39.3 Å². The summed E-state index contributed by atoms with van der Waals surface area (Å²) in [6.07, 6.45) is 1.84. The smallest absolute Gasteiger partial charge is 0.282 e. The number of rotatable bonds is 4. The molecule has 0 aliphatic carbocycles. The molecule has 3 heterocycles. The lowest BCUT2D eigenvalue weighted by atomic mass is 10.1. The fourth-order valence-electron chi connectivity index (χ4n) is 3.75. The van der Waals surface area contributed by atoms with E-state index >= 15 is 0 Å². The van der Waals surface area contributed by atoms with Crippen LogP contribution in [0.2, 0.25) is 0 Å². The van der Waals surface area contributed by atoms with Gasteiger partial charge in [-0.15, -0.1) is 0 Å². The van der Waals surface area contributed by atoms with Crippen molar-refractivity contribution in [2.24, 2.45) is 0 Å². The second-order valence-corrected chi connectivity index (χ2v) is 9.22. The number of furan rings is 1. The first-order valence-corrected chi connectivity index (χ1v) is 11.1. The van der Waals surface area contributed by atoms with Crippen LogP contribution in [0.5, 0.6) is 0 Å². The molecule has 0 radical (unpaired) electrons. The molecule has 1 aromatic carbocycles. The first-order chi connectivity index (χ1) is 13.4. The van der Waals surface area contributed by atoms with Crippen molar-refractivity contribution in [3.05, 3.63) is 47.7 Å². The van der Waals surface area contributed by atoms with E-state index < -0.39 is 10.2 Å². The predicted octanol–water partition coefficient (Wildman–Crippen LogP) is 2.35. The highest BCUT2D eigenvalue weighted by Gasteiger charge is 2.34. The van der Waals surface area contributed by atoms with E-state index in [0.717, 1.165) is 29.9 Å². The summed E-state index contributed by atoms with van der Waals surface area (Å²) in [5.41, 5.74) is 1.52. The van der Waals surface area contributed by atoms with Gasteiger partial charge in [-0.2, -0.15) is 17.0 Å². The van der Waals surface area contributed by atoms with E-state index in [1.165, 1.54) is 4.31 Å². The topological polar surface area (TPSA) is 74.1 Å². The standard InChI is InChI=1S/C20H25N3O4S/c1-16-4-9-19(27-16)17-5-7-18(8-6-17)20(24)21-12-14-23(15-13-21)28(25,26)22-10-2-3-11-22/h4-9H,2-3,10-15H2,1H3. The minimum Gasteiger partial charge on any atom is -0.461 e. The van der Waals surface area contributed by atoms with Crippen molar-refractivity contribution < 1.29 is 17.6 Å². The largest absolute Gasteiger partial charge is 0.461 e. The number of nitrogens with zero attached hydrogens (tertiary/aromatic N) is 3. The molecule has 1 amide bonds. The van der Waals surface area contributed by atoms with E-state index in [1.54, 1.807) is 21.3 Å². The van der Waals surface area contributed by atoms with Crippen molar-refractivity contribution in [3.8, 4) is 11.3 Å². The number of piperazine rings is 1. The zero-order valence-corrected chi connectivity index (χ0v) is 16.8. The van der Waals surface area contributed by atoms with Gasteiger partial charge in [-0.3, -0.25) is 4.79 Å². The van der Waals surface area contributed by atoms with Crippen LogP contribution in [0, 0.1) is 6.92 Å². The van der Waals surface area contributed by atoms with Gasteiger partial charge in [0, 0.05) is 50.4 Å². The molecule has 2 aliphatic rings. The van der Waals surface area contributed by atoms with E-state index in [-0.39, 0.29) is 5.91 Å².